The number of thioether (sulfide) groups is 1. The van der Waals surface area contributed by atoms with E-state index >= 15 is 0 Å². The van der Waals surface area contributed by atoms with Gasteiger partial charge in [-0.3, -0.25) is 4.79 Å². The third kappa shape index (κ3) is 3.38. The predicted octanol–water partition coefficient (Wildman–Crippen LogP) is 1.94. The molecule has 1 saturated carbocycles. The van der Waals surface area contributed by atoms with Gasteiger partial charge in [0, 0.05) is 5.25 Å². The van der Waals surface area contributed by atoms with E-state index in [0.717, 1.165) is 19.3 Å². The van der Waals surface area contributed by atoms with Crippen LogP contribution in [-0.2, 0) is 9.53 Å². The molecular weight excluding hydrogens is 210 g/mol. The molecule has 1 rings (SSSR count). The van der Waals surface area contributed by atoms with Crippen LogP contribution in [0.25, 0.3) is 0 Å². The molecule has 0 radical (unpaired) electrons. The third-order valence-corrected chi connectivity index (χ3v) is 3.98. The number of nitrogens with two attached hydrogens (primary N) is 1. The summed E-state index contributed by atoms with van der Waals surface area (Å²) in [6, 6.07) is 0. The molecule has 0 spiro atoms. The standard InChI is InChI=1S/C11H21NO2S/c1-4-14-10(13)11(12)6-5-9(7-11)15-8(2)3/h8-9H,4-7,12H2,1-3H3. The van der Waals surface area contributed by atoms with Crippen molar-refractivity contribution >= 4 is 17.7 Å². The fourth-order valence-corrected chi connectivity index (χ4v) is 3.41. The summed E-state index contributed by atoms with van der Waals surface area (Å²) >= 11 is 1.91. The van der Waals surface area contributed by atoms with Crippen LogP contribution in [0.5, 0.6) is 0 Å². The maximum Gasteiger partial charge on any atom is 0.326 e. The Hall–Kier alpha value is -0.220. The van der Waals surface area contributed by atoms with E-state index in [4.69, 9.17) is 10.5 Å². The van der Waals surface area contributed by atoms with Crippen molar-refractivity contribution in [2.45, 2.75) is 56.1 Å². The topological polar surface area (TPSA) is 52.3 Å². The number of ether oxygens (including phenoxy) is 1. The van der Waals surface area contributed by atoms with E-state index < -0.39 is 5.54 Å². The minimum atomic E-state index is -0.720. The number of carbonyl (C=O) groups excluding carboxylic acids is 1. The maximum absolute atomic E-state index is 11.6. The fraction of sp³-hybridized carbons (Fsp3) is 0.909. The van der Waals surface area contributed by atoms with E-state index in [1.807, 2.05) is 18.7 Å². The van der Waals surface area contributed by atoms with Gasteiger partial charge < -0.3 is 10.5 Å². The summed E-state index contributed by atoms with van der Waals surface area (Å²) < 4.78 is 5.01. The summed E-state index contributed by atoms with van der Waals surface area (Å²) in [5.74, 6) is -0.225. The van der Waals surface area contributed by atoms with Crippen molar-refractivity contribution in [2.75, 3.05) is 6.61 Å². The van der Waals surface area contributed by atoms with E-state index in [9.17, 15) is 4.79 Å². The van der Waals surface area contributed by atoms with Crippen LogP contribution in [0, 0.1) is 0 Å². The number of hydrogen-bond donors (Lipinski definition) is 1. The van der Waals surface area contributed by atoms with E-state index in [0.29, 0.717) is 17.1 Å². The lowest BCUT2D eigenvalue weighted by atomic mass is 10.00. The SMILES string of the molecule is CCOC(=O)C1(N)CCC(SC(C)C)C1. The molecule has 0 amide bonds. The van der Waals surface area contributed by atoms with Gasteiger partial charge >= 0.3 is 5.97 Å². The first-order chi connectivity index (χ1) is 6.98. The molecule has 1 aliphatic carbocycles. The molecular formula is C11H21NO2S. The zero-order valence-corrected chi connectivity index (χ0v) is 10.6. The molecule has 3 nitrogen and oxygen atoms in total. The van der Waals surface area contributed by atoms with Crippen molar-refractivity contribution in [3.05, 3.63) is 0 Å². The number of esters is 1. The maximum atomic E-state index is 11.6. The van der Waals surface area contributed by atoms with Gasteiger partial charge in [0.25, 0.3) is 0 Å². The quantitative estimate of drug-likeness (QED) is 0.751. The van der Waals surface area contributed by atoms with Crippen molar-refractivity contribution in [1.29, 1.82) is 0 Å². The minimum Gasteiger partial charge on any atom is -0.465 e. The second kappa shape index (κ2) is 5.21. The third-order valence-electron chi connectivity index (χ3n) is 2.65. The molecule has 0 aliphatic heterocycles. The van der Waals surface area contributed by atoms with Crippen molar-refractivity contribution in [3.8, 4) is 0 Å². The highest BCUT2D eigenvalue weighted by molar-refractivity contribution is 8.00. The van der Waals surface area contributed by atoms with Gasteiger partial charge in [0.05, 0.1) is 6.61 Å². The summed E-state index contributed by atoms with van der Waals surface area (Å²) in [5, 5.41) is 1.11. The second-order valence-electron chi connectivity index (χ2n) is 4.43. The number of carbonyl (C=O) groups is 1. The molecule has 15 heavy (non-hydrogen) atoms. The van der Waals surface area contributed by atoms with Gasteiger partial charge in [-0.15, -0.1) is 0 Å². The molecule has 0 heterocycles. The van der Waals surface area contributed by atoms with E-state index in [1.54, 1.807) is 0 Å². The van der Waals surface area contributed by atoms with Crippen LogP contribution in [-0.4, -0.2) is 28.6 Å². The van der Waals surface area contributed by atoms with Gasteiger partial charge in [0.15, 0.2) is 0 Å². The van der Waals surface area contributed by atoms with E-state index in [1.165, 1.54) is 0 Å². The molecule has 0 aromatic rings. The summed E-state index contributed by atoms with van der Waals surface area (Å²) in [6.45, 7) is 6.58. The highest BCUT2D eigenvalue weighted by Crippen LogP contribution is 2.37. The molecule has 0 saturated heterocycles. The highest BCUT2D eigenvalue weighted by Gasteiger charge is 2.43. The normalized spacial score (nSPS) is 30.9. The van der Waals surface area contributed by atoms with Crippen LogP contribution in [0.15, 0.2) is 0 Å². The van der Waals surface area contributed by atoms with Gasteiger partial charge in [-0.1, -0.05) is 13.8 Å². The molecule has 1 fully saturated rings. The average Bonchev–Trinajstić information content (AvgIpc) is 2.48. The van der Waals surface area contributed by atoms with Gasteiger partial charge in [-0.05, 0) is 31.4 Å². The lowest BCUT2D eigenvalue weighted by molar-refractivity contribution is -0.149. The number of hydrogen-bond acceptors (Lipinski definition) is 4. The monoisotopic (exact) mass is 231 g/mol. The average molecular weight is 231 g/mol. The Labute approximate surface area is 96.1 Å². The molecule has 0 bridgehead atoms. The van der Waals surface area contributed by atoms with Crippen molar-refractivity contribution in [3.63, 3.8) is 0 Å². The predicted molar refractivity (Wildman–Crippen MR) is 63.9 cm³/mol. The molecule has 4 heteroatoms. The Morgan fingerprint density at radius 3 is 2.87 bits per heavy atom. The molecule has 2 N–H and O–H groups in total. The second-order valence-corrected chi connectivity index (χ2v) is 6.31. The zero-order chi connectivity index (χ0) is 11.5. The van der Waals surface area contributed by atoms with Crippen LogP contribution in [0.4, 0.5) is 0 Å². The van der Waals surface area contributed by atoms with Gasteiger partial charge in [-0.25, -0.2) is 0 Å². The summed E-state index contributed by atoms with van der Waals surface area (Å²) in [6.07, 6.45) is 2.54. The van der Waals surface area contributed by atoms with Gasteiger partial charge in [-0.2, -0.15) is 11.8 Å². The van der Waals surface area contributed by atoms with E-state index in [-0.39, 0.29) is 5.97 Å². The lowest BCUT2D eigenvalue weighted by Crippen LogP contribution is -2.47. The Morgan fingerprint density at radius 2 is 2.33 bits per heavy atom. The first-order valence-electron chi connectivity index (χ1n) is 5.59. The molecule has 1 aliphatic rings. The molecule has 0 aromatic heterocycles. The Kier molecular flexibility index (Phi) is 4.46. The van der Waals surface area contributed by atoms with Gasteiger partial charge in [0.2, 0.25) is 0 Å². The Morgan fingerprint density at radius 1 is 1.67 bits per heavy atom. The van der Waals surface area contributed by atoms with Crippen LogP contribution < -0.4 is 5.73 Å². The Bertz CT molecular complexity index is 233. The minimum absolute atomic E-state index is 0.225. The number of rotatable bonds is 4. The van der Waals surface area contributed by atoms with Crippen LogP contribution in [0.2, 0.25) is 0 Å². The zero-order valence-electron chi connectivity index (χ0n) is 9.79. The first kappa shape index (κ1) is 12.8. The largest absolute Gasteiger partial charge is 0.465 e. The van der Waals surface area contributed by atoms with Crippen molar-refractivity contribution < 1.29 is 9.53 Å². The van der Waals surface area contributed by atoms with Gasteiger partial charge in [0.1, 0.15) is 5.54 Å². The van der Waals surface area contributed by atoms with Crippen molar-refractivity contribution in [1.82, 2.24) is 0 Å². The Balaban J connectivity index is 2.49. The summed E-state index contributed by atoms with van der Waals surface area (Å²) in [5.41, 5.74) is 5.35. The smallest absolute Gasteiger partial charge is 0.326 e. The van der Waals surface area contributed by atoms with Crippen LogP contribution in [0.3, 0.4) is 0 Å². The molecule has 2 unspecified atom stereocenters. The van der Waals surface area contributed by atoms with E-state index in [2.05, 4.69) is 13.8 Å². The summed E-state index contributed by atoms with van der Waals surface area (Å²) in [7, 11) is 0. The fourth-order valence-electron chi connectivity index (χ4n) is 1.99. The van der Waals surface area contributed by atoms with Crippen LogP contribution in [0.1, 0.15) is 40.0 Å². The highest BCUT2D eigenvalue weighted by atomic mass is 32.2. The van der Waals surface area contributed by atoms with Crippen LogP contribution >= 0.6 is 11.8 Å². The van der Waals surface area contributed by atoms with Crippen molar-refractivity contribution in [2.24, 2.45) is 5.73 Å². The lowest BCUT2D eigenvalue weighted by Gasteiger charge is -2.21. The molecule has 2 atom stereocenters. The molecule has 88 valence electrons. The summed E-state index contributed by atoms with van der Waals surface area (Å²) in [4.78, 5) is 11.6. The first-order valence-corrected chi connectivity index (χ1v) is 6.54. The molecule has 0 aromatic carbocycles.